The zero-order valence-corrected chi connectivity index (χ0v) is 7.84. The number of rotatable bonds is 1. The summed E-state index contributed by atoms with van der Waals surface area (Å²) in [5, 5.41) is 0. The third-order valence-electron chi connectivity index (χ3n) is 1.83. The molecule has 0 saturated heterocycles. The van der Waals surface area contributed by atoms with Gasteiger partial charge in [0.1, 0.15) is 0 Å². The second kappa shape index (κ2) is 3.88. The quantitative estimate of drug-likeness (QED) is 0.697. The van der Waals surface area contributed by atoms with Gasteiger partial charge < -0.3 is 15.2 Å². The molecule has 0 atom stereocenters. The molecule has 0 aromatic rings. The summed E-state index contributed by atoms with van der Waals surface area (Å²) in [5.41, 5.74) is 5.10. The van der Waals surface area contributed by atoms with E-state index in [0.717, 1.165) is 0 Å². The molecule has 0 aromatic carbocycles. The highest BCUT2D eigenvalue weighted by atomic mass is 16.5. The van der Waals surface area contributed by atoms with Crippen LogP contribution in [-0.2, 0) is 14.3 Å². The van der Waals surface area contributed by atoms with Crippen LogP contribution in [0.3, 0.4) is 0 Å². The van der Waals surface area contributed by atoms with E-state index in [4.69, 9.17) is 15.2 Å². The second-order valence-electron chi connectivity index (χ2n) is 2.89. The number of hydrogen-bond donors (Lipinski definition) is 1. The SMILES string of the molecule is NC(=O)C1=CC=CC(=C2C=CC=CO2)O1. The van der Waals surface area contributed by atoms with E-state index in [9.17, 15) is 4.79 Å². The summed E-state index contributed by atoms with van der Waals surface area (Å²) >= 11 is 0. The Morgan fingerprint density at radius 3 is 2.60 bits per heavy atom. The number of amides is 1. The van der Waals surface area contributed by atoms with Crippen LogP contribution in [0.4, 0.5) is 0 Å². The lowest BCUT2D eigenvalue weighted by molar-refractivity contribution is -0.117. The monoisotopic (exact) mass is 203 g/mol. The molecular weight excluding hydrogens is 194 g/mol. The molecule has 4 nitrogen and oxygen atoms in total. The third-order valence-corrected chi connectivity index (χ3v) is 1.83. The molecule has 2 heterocycles. The molecule has 2 aliphatic rings. The summed E-state index contributed by atoms with van der Waals surface area (Å²) in [6, 6.07) is 0. The van der Waals surface area contributed by atoms with Crippen molar-refractivity contribution in [2.24, 2.45) is 5.73 Å². The normalized spacial score (nSPS) is 23.1. The van der Waals surface area contributed by atoms with E-state index in [0.29, 0.717) is 11.5 Å². The highest BCUT2D eigenvalue weighted by molar-refractivity contribution is 5.90. The molecular formula is C11H9NO3. The lowest BCUT2D eigenvalue weighted by atomic mass is 10.2. The Labute approximate surface area is 86.7 Å². The van der Waals surface area contributed by atoms with Gasteiger partial charge in [-0.2, -0.15) is 0 Å². The smallest absolute Gasteiger partial charge is 0.284 e. The molecule has 2 rings (SSSR count). The van der Waals surface area contributed by atoms with Crippen molar-refractivity contribution < 1.29 is 14.3 Å². The molecule has 15 heavy (non-hydrogen) atoms. The maximum absolute atomic E-state index is 10.9. The lowest BCUT2D eigenvalue weighted by Gasteiger charge is -2.14. The first kappa shape index (κ1) is 9.33. The second-order valence-corrected chi connectivity index (χ2v) is 2.89. The number of nitrogens with two attached hydrogens (primary N) is 1. The molecule has 0 unspecified atom stereocenters. The van der Waals surface area contributed by atoms with E-state index >= 15 is 0 Å². The summed E-state index contributed by atoms with van der Waals surface area (Å²) in [4.78, 5) is 10.9. The maximum atomic E-state index is 10.9. The molecule has 2 aliphatic heterocycles. The third kappa shape index (κ3) is 1.99. The van der Waals surface area contributed by atoms with E-state index < -0.39 is 5.91 Å². The molecule has 2 N–H and O–H groups in total. The molecule has 0 aromatic heterocycles. The molecule has 0 radical (unpaired) electrons. The predicted molar refractivity (Wildman–Crippen MR) is 53.9 cm³/mol. The first-order valence-electron chi connectivity index (χ1n) is 4.37. The van der Waals surface area contributed by atoms with Crippen molar-refractivity contribution in [2.75, 3.05) is 0 Å². The summed E-state index contributed by atoms with van der Waals surface area (Å²) < 4.78 is 10.5. The number of allylic oxidation sites excluding steroid dienone is 6. The van der Waals surface area contributed by atoms with Gasteiger partial charge in [-0.1, -0.05) is 12.2 Å². The van der Waals surface area contributed by atoms with Crippen molar-refractivity contribution in [2.45, 2.75) is 0 Å². The fourth-order valence-electron chi connectivity index (χ4n) is 1.15. The zero-order chi connectivity index (χ0) is 10.7. The van der Waals surface area contributed by atoms with Crippen LogP contribution >= 0.6 is 0 Å². The fraction of sp³-hybridized carbons (Fsp3) is 0. The molecule has 4 heteroatoms. The minimum absolute atomic E-state index is 0.103. The standard InChI is InChI=1S/C11H9NO3/c12-11(13)10-6-3-5-9(15-10)8-4-1-2-7-14-8/h1-7H,(H2,12,13). The number of carbonyl (C=O) groups is 1. The average Bonchev–Trinajstić information content (AvgIpc) is 2.30. The van der Waals surface area contributed by atoms with Crippen molar-refractivity contribution in [1.82, 2.24) is 0 Å². The Kier molecular flexibility index (Phi) is 2.41. The van der Waals surface area contributed by atoms with Crippen LogP contribution in [0.5, 0.6) is 0 Å². The first-order chi connectivity index (χ1) is 7.27. The van der Waals surface area contributed by atoms with Crippen LogP contribution in [0.1, 0.15) is 0 Å². The van der Waals surface area contributed by atoms with Crippen LogP contribution < -0.4 is 5.73 Å². The summed E-state index contributed by atoms with van der Waals surface area (Å²) in [7, 11) is 0. The summed E-state index contributed by atoms with van der Waals surface area (Å²) in [6.45, 7) is 0. The van der Waals surface area contributed by atoms with Crippen molar-refractivity contribution in [3.63, 3.8) is 0 Å². The molecule has 0 saturated carbocycles. The van der Waals surface area contributed by atoms with Crippen molar-refractivity contribution in [1.29, 1.82) is 0 Å². The van der Waals surface area contributed by atoms with Gasteiger partial charge in [-0.3, -0.25) is 4.79 Å². The van der Waals surface area contributed by atoms with Crippen LogP contribution in [0.2, 0.25) is 0 Å². The number of carbonyl (C=O) groups excluding carboxylic acids is 1. The van der Waals surface area contributed by atoms with Gasteiger partial charge >= 0.3 is 0 Å². The van der Waals surface area contributed by atoms with Crippen molar-refractivity contribution in [3.8, 4) is 0 Å². The molecule has 0 spiro atoms. The van der Waals surface area contributed by atoms with Gasteiger partial charge in [0, 0.05) is 0 Å². The van der Waals surface area contributed by atoms with Gasteiger partial charge in [-0.15, -0.1) is 0 Å². The number of primary amides is 1. The summed E-state index contributed by atoms with van der Waals surface area (Å²) in [6.07, 6.45) is 11.7. The lowest BCUT2D eigenvalue weighted by Crippen LogP contribution is -2.17. The minimum Gasteiger partial charge on any atom is -0.461 e. The predicted octanol–water partition coefficient (Wildman–Crippen LogP) is 1.25. The summed E-state index contributed by atoms with van der Waals surface area (Å²) in [5.74, 6) is 0.506. The van der Waals surface area contributed by atoms with Crippen LogP contribution in [0.25, 0.3) is 0 Å². The Hall–Kier alpha value is -2.23. The molecule has 76 valence electrons. The molecule has 0 fully saturated rings. The van der Waals surface area contributed by atoms with Crippen LogP contribution in [0.15, 0.2) is 60.0 Å². The van der Waals surface area contributed by atoms with E-state index in [-0.39, 0.29) is 5.76 Å². The van der Waals surface area contributed by atoms with Gasteiger partial charge in [-0.25, -0.2) is 0 Å². The highest BCUT2D eigenvalue weighted by Gasteiger charge is 2.14. The Morgan fingerprint density at radius 1 is 1.13 bits per heavy atom. The average molecular weight is 203 g/mol. The fourth-order valence-corrected chi connectivity index (χ4v) is 1.15. The first-order valence-corrected chi connectivity index (χ1v) is 4.37. The van der Waals surface area contributed by atoms with Gasteiger partial charge in [0.25, 0.3) is 5.91 Å². The number of ether oxygens (including phenoxy) is 2. The van der Waals surface area contributed by atoms with Crippen molar-refractivity contribution >= 4 is 5.91 Å². The Balaban J connectivity index is 2.25. The van der Waals surface area contributed by atoms with Gasteiger partial charge in [0.2, 0.25) is 0 Å². The topological polar surface area (TPSA) is 61.6 Å². The van der Waals surface area contributed by atoms with Crippen molar-refractivity contribution in [3.05, 3.63) is 60.0 Å². The minimum atomic E-state index is -0.604. The molecule has 1 amide bonds. The van der Waals surface area contributed by atoms with Crippen LogP contribution in [0, 0.1) is 0 Å². The van der Waals surface area contributed by atoms with Crippen LogP contribution in [-0.4, -0.2) is 5.91 Å². The highest BCUT2D eigenvalue weighted by Crippen LogP contribution is 2.20. The van der Waals surface area contributed by atoms with E-state index in [1.54, 1.807) is 24.3 Å². The van der Waals surface area contributed by atoms with E-state index in [2.05, 4.69) is 0 Å². The van der Waals surface area contributed by atoms with E-state index in [1.807, 2.05) is 6.08 Å². The van der Waals surface area contributed by atoms with Gasteiger partial charge in [-0.05, 0) is 24.3 Å². The van der Waals surface area contributed by atoms with Gasteiger partial charge in [0.05, 0.1) is 6.26 Å². The number of hydrogen-bond acceptors (Lipinski definition) is 3. The Morgan fingerprint density at radius 2 is 1.93 bits per heavy atom. The van der Waals surface area contributed by atoms with Gasteiger partial charge in [0.15, 0.2) is 17.3 Å². The zero-order valence-electron chi connectivity index (χ0n) is 7.84. The maximum Gasteiger partial charge on any atom is 0.284 e. The Bertz CT molecular complexity index is 439. The molecule has 0 bridgehead atoms. The van der Waals surface area contributed by atoms with E-state index in [1.165, 1.54) is 12.3 Å². The molecule has 0 aliphatic carbocycles. The largest absolute Gasteiger partial charge is 0.461 e.